The van der Waals surface area contributed by atoms with Crippen molar-refractivity contribution < 1.29 is 29.5 Å². The summed E-state index contributed by atoms with van der Waals surface area (Å²) in [7, 11) is 0. The van der Waals surface area contributed by atoms with E-state index in [1.165, 1.54) is 0 Å². The van der Waals surface area contributed by atoms with Gasteiger partial charge in [0.25, 0.3) is 17.1 Å². The lowest BCUT2D eigenvalue weighted by Crippen LogP contribution is -2.11. The highest BCUT2D eigenvalue weighted by Gasteiger charge is 2.39. The third-order valence-corrected chi connectivity index (χ3v) is 4.85. The van der Waals surface area contributed by atoms with Gasteiger partial charge in [0.05, 0.1) is 38.6 Å². The number of non-ortho nitro benzene ring substituents is 2. The molecule has 1 aliphatic carbocycles. The van der Waals surface area contributed by atoms with E-state index in [4.69, 9.17) is 4.74 Å². The van der Waals surface area contributed by atoms with E-state index in [0.717, 1.165) is 18.2 Å². The maximum Gasteiger partial charge on any atom is 0.339 e. The number of nitrogens with zero attached hydrogens (tertiary/aromatic N) is 4. The lowest BCUT2D eigenvalue weighted by atomic mass is 9.97. The quantitative estimate of drug-likeness (QED) is 0.244. The van der Waals surface area contributed by atoms with E-state index in [1.54, 1.807) is 0 Å². The van der Waals surface area contributed by atoms with Gasteiger partial charge in [-0.2, -0.15) is 0 Å². The first-order valence-corrected chi connectivity index (χ1v) is 9.26. The molecule has 0 aliphatic heterocycles. The largest absolute Gasteiger partial charge is 0.462 e. The number of esters is 1. The number of carbonyl (C=O) groups excluding carboxylic acids is 1. The van der Waals surface area contributed by atoms with Gasteiger partial charge in [-0.15, -0.1) is 0 Å². The first-order valence-electron chi connectivity index (χ1n) is 9.26. The van der Waals surface area contributed by atoms with E-state index >= 15 is 0 Å². The third kappa shape index (κ3) is 3.82. The molecule has 0 amide bonds. The van der Waals surface area contributed by atoms with E-state index in [2.05, 4.69) is 5.16 Å². The number of oxime groups is 1. The molecule has 1 aliphatic rings. The van der Waals surface area contributed by atoms with Crippen LogP contribution in [0.3, 0.4) is 0 Å². The topological polar surface area (TPSA) is 188 Å². The SMILES string of the molecule is CC(C)CCOC(=O)c1cc([N+](=O)[O-])cc2c1-c1c(cc([N+](=O)[O-])cc1[N+](=O)[O-])/C2=N/O. The molecule has 0 bridgehead atoms. The van der Waals surface area contributed by atoms with Gasteiger partial charge in [0.2, 0.25) is 0 Å². The van der Waals surface area contributed by atoms with Crippen molar-refractivity contribution in [3.8, 4) is 11.1 Å². The van der Waals surface area contributed by atoms with Gasteiger partial charge in [-0.25, -0.2) is 4.79 Å². The van der Waals surface area contributed by atoms with E-state index in [1.807, 2.05) is 13.8 Å². The van der Waals surface area contributed by atoms with Gasteiger partial charge in [0.15, 0.2) is 0 Å². The average molecular weight is 444 g/mol. The molecule has 32 heavy (non-hydrogen) atoms. The van der Waals surface area contributed by atoms with Crippen molar-refractivity contribution in [1.82, 2.24) is 0 Å². The fourth-order valence-electron chi connectivity index (χ4n) is 3.38. The Morgan fingerprint density at radius 2 is 1.53 bits per heavy atom. The Balaban J connectivity index is 2.33. The maximum atomic E-state index is 12.8. The van der Waals surface area contributed by atoms with Crippen LogP contribution < -0.4 is 0 Å². The molecule has 0 saturated carbocycles. The maximum absolute atomic E-state index is 12.8. The van der Waals surface area contributed by atoms with E-state index in [0.29, 0.717) is 12.5 Å². The van der Waals surface area contributed by atoms with Gasteiger partial charge in [-0.05, 0) is 12.3 Å². The summed E-state index contributed by atoms with van der Waals surface area (Å²) in [4.78, 5) is 44.6. The van der Waals surface area contributed by atoms with Crippen LogP contribution in [0.1, 0.15) is 41.8 Å². The number of hydrogen-bond acceptors (Lipinski definition) is 10. The Bertz CT molecular complexity index is 1200. The summed E-state index contributed by atoms with van der Waals surface area (Å²) in [5.74, 6) is -0.766. The second-order valence-electron chi connectivity index (χ2n) is 7.34. The van der Waals surface area contributed by atoms with Crippen molar-refractivity contribution in [3.63, 3.8) is 0 Å². The summed E-state index contributed by atoms with van der Waals surface area (Å²) in [6.07, 6.45) is 0.509. The number of fused-ring (bicyclic) bond motifs is 3. The lowest BCUT2D eigenvalue weighted by molar-refractivity contribution is -0.393. The highest BCUT2D eigenvalue weighted by atomic mass is 16.6. The summed E-state index contributed by atoms with van der Waals surface area (Å²) >= 11 is 0. The second kappa shape index (κ2) is 8.37. The minimum Gasteiger partial charge on any atom is -0.462 e. The first kappa shape index (κ1) is 22.3. The zero-order valence-corrected chi connectivity index (χ0v) is 16.8. The Labute approximate surface area is 179 Å². The van der Waals surface area contributed by atoms with Crippen molar-refractivity contribution in [2.45, 2.75) is 20.3 Å². The van der Waals surface area contributed by atoms with Gasteiger partial charge in [0, 0.05) is 34.9 Å². The lowest BCUT2D eigenvalue weighted by Gasteiger charge is -2.11. The number of nitro benzene ring substituents is 3. The highest BCUT2D eigenvalue weighted by molar-refractivity contribution is 6.28. The van der Waals surface area contributed by atoms with Crippen molar-refractivity contribution in [2.75, 3.05) is 6.61 Å². The summed E-state index contributed by atoms with van der Waals surface area (Å²) in [6.45, 7) is 3.80. The molecule has 0 unspecified atom stereocenters. The number of ether oxygens (including phenoxy) is 1. The van der Waals surface area contributed by atoms with Crippen molar-refractivity contribution in [1.29, 1.82) is 0 Å². The molecule has 1 N–H and O–H groups in total. The minimum atomic E-state index is -0.969. The van der Waals surface area contributed by atoms with Crippen LogP contribution in [0.5, 0.6) is 0 Å². The highest BCUT2D eigenvalue weighted by Crippen LogP contribution is 2.47. The summed E-state index contributed by atoms with van der Waals surface area (Å²) in [5, 5.41) is 47.0. The molecule has 13 nitrogen and oxygen atoms in total. The number of rotatable bonds is 7. The number of carbonyl (C=O) groups is 1. The molecule has 0 spiro atoms. The van der Waals surface area contributed by atoms with Crippen LogP contribution >= 0.6 is 0 Å². The minimum absolute atomic E-state index is 0.00409. The van der Waals surface area contributed by atoms with Crippen LogP contribution in [0.4, 0.5) is 17.1 Å². The molecule has 0 fully saturated rings. The number of benzene rings is 2. The first-order chi connectivity index (χ1) is 15.1. The van der Waals surface area contributed by atoms with E-state index < -0.39 is 37.8 Å². The molecule has 3 rings (SSSR count). The molecular formula is C19H16N4O9. The van der Waals surface area contributed by atoms with Crippen LogP contribution in [0.15, 0.2) is 29.4 Å². The molecular weight excluding hydrogens is 428 g/mol. The van der Waals surface area contributed by atoms with Gasteiger partial charge in [-0.3, -0.25) is 30.3 Å². The molecule has 0 atom stereocenters. The van der Waals surface area contributed by atoms with Crippen LogP contribution in [-0.4, -0.2) is 38.3 Å². The van der Waals surface area contributed by atoms with Gasteiger partial charge in [0.1, 0.15) is 5.71 Å². The Hall–Kier alpha value is -4.42. The Kier molecular flexibility index (Phi) is 5.83. The number of nitro groups is 3. The molecule has 0 aromatic heterocycles. The fourth-order valence-corrected chi connectivity index (χ4v) is 3.38. The molecule has 0 heterocycles. The van der Waals surface area contributed by atoms with Gasteiger partial charge in [-0.1, -0.05) is 19.0 Å². The molecule has 2 aromatic rings. The van der Waals surface area contributed by atoms with Crippen molar-refractivity contribution >= 4 is 28.7 Å². The second-order valence-corrected chi connectivity index (χ2v) is 7.34. The summed E-state index contributed by atoms with van der Waals surface area (Å²) < 4.78 is 5.20. The zero-order chi connectivity index (χ0) is 23.7. The monoisotopic (exact) mass is 444 g/mol. The molecule has 0 radical (unpaired) electrons. The third-order valence-electron chi connectivity index (χ3n) is 4.85. The van der Waals surface area contributed by atoms with E-state index in [9.17, 15) is 40.3 Å². The predicted octanol–water partition coefficient (Wildman–Crippen LogP) is 3.82. The normalized spacial score (nSPS) is 13.0. The Morgan fingerprint density at radius 1 is 0.969 bits per heavy atom. The molecule has 0 saturated heterocycles. The predicted molar refractivity (Wildman–Crippen MR) is 109 cm³/mol. The molecule has 166 valence electrons. The summed E-state index contributed by atoms with van der Waals surface area (Å²) in [5.41, 5.74) is -3.37. The Morgan fingerprint density at radius 3 is 2.03 bits per heavy atom. The van der Waals surface area contributed by atoms with Crippen LogP contribution in [0, 0.1) is 36.3 Å². The summed E-state index contributed by atoms with van der Waals surface area (Å²) in [6, 6.07) is 3.53. The number of hydrogen-bond donors (Lipinski definition) is 1. The van der Waals surface area contributed by atoms with Crippen molar-refractivity contribution in [2.24, 2.45) is 11.1 Å². The van der Waals surface area contributed by atoms with Gasteiger partial charge < -0.3 is 9.94 Å². The average Bonchev–Trinajstić information content (AvgIpc) is 3.04. The molecule has 2 aromatic carbocycles. The zero-order valence-electron chi connectivity index (χ0n) is 16.8. The fraction of sp³-hybridized carbons (Fsp3) is 0.263. The van der Waals surface area contributed by atoms with Crippen LogP contribution in [0.25, 0.3) is 11.1 Å². The van der Waals surface area contributed by atoms with Gasteiger partial charge >= 0.3 is 5.97 Å². The van der Waals surface area contributed by atoms with Crippen LogP contribution in [-0.2, 0) is 4.74 Å². The van der Waals surface area contributed by atoms with Crippen LogP contribution in [0.2, 0.25) is 0 Å². The van der Waals surface area contributed by atoms with E-state index in [-0.39, 0.29) is 46.1 Å². The molecule has 13 heteroatoms. The smallest absolute Gasteiger partial charge is 0.339 e. The van der Waals surface area contributed by atoms with Crippen molar-refractivity contribution in [3.05, 3.63) is 71.3 Å². The standard InChI is InChI=1S/C19H16N4O9/c1-9(2)3-4-32-19(24)14-7-10(21(26)27)5-12-16(14)17-13(18(12)20-25)6-11(22(28)29)8-15(17)23(30)31/h5-9,25H,3-4H2,1-2H3/b20-18+.